The second-order valence-electron chi connectivity index (χ2n) is 4.96. The summed E-state index contributed by atoms with van der Waals surface area (Å²) in [4.78, 5) is 24.9. The van der Waals surface area contributed by atoms with Crippen LogP contribution in [0.5, 0.6) is 5.75 Å². The topological polar surface area (TPSA) is 103 Å². The minimum absolute atomic E-state index is 0.113. The lowest BCUT2D eigenvalue weighted by Gasteiger charge is -2.13. The first-order valence-corrected chi connectivity index (χ1v) is 7.02. The van der Waals surface area contributed by atoms with Crippen molar-refractivity contribution >= 4 is 11.8 Å². The number of aromatic nitrogens is 1. The summed E-state index contributed by atoms with van der Waals surface area (Å²) in [6, 6.07) is 6.95. The summed E-state index contributed by atoms with van der Waals surface area (Å²) in [6.07, 6.45) is 1.74. The summed E-state index contributed by atoms with van der Waals surface area (Å²) in [7, 11) is 0. The highest BCUT2D eigenvalue weighted by Crippen LogP contribution is 2.27. The molecule has 1 heterocycles. The van der Waals surface area contributed by atoms with Gasteiger partial charge >= 0.3 is 11.8 Å². The predicted octanol–water partition coefficient (Wildman–Crippen LogP) is 3.14. The number of hydrogen-bond donors (Lipinski definition) is 1. The molecule has 1 N–H and O–H groups in total. The van der Waals surface area contributed by atoms with Gasteiger partial charge in [0.05, 0.1) is 0 Å². The third kappa shape index (κ3) is 3.63. The van der Waals surface area contributed by atoms with E-state index < -0.39 is 16.7 Å². The lowest BCUT2D eigenvalue weighted by atomic mass is 10.0. The normalized spacial score (nSPS) is 10.3. The van der Waals surface area contributed by atoms with Crippen molar-refractivity contribution in [1.82, 2.24) is 4.98 Å². The predicted molar refractivity (Wildman–Crippen MR) is 82.7 cm³/mol. The molecule has 0 bridgehead atoms. The molecule has 1 aromatic carbocycles. The summed E-state index contributed by atoms with van der Waals surface area (Å²) in [5, 5.41) is 20.0. The molecular formula is C16H16N2O5. The number of carboxylic acids is 1. The number of nitrogens with zero attached hydrogens (tertiary/aromatic N) is 2. The van der Waals surface area contributed by atoms with E-state index >= 15 is 0 Å². The molecule has 2 aromatic rings. The van der Waals surface area contributed by atoms with Crippen molar-refractivity contribution in [2.24, 2.45) is 0 Å². The Morgan fingerprint density at radius 2 is 2.17 bits per heavy atom. The van der Waals surface area contributed by atoms with E-state index in [1.807, 2.05) is 32.0 Å². The SMILES string of the molecule is CCc1cccc(C)c1COc1cc(C(=O)O)cnc1[N+](=O)[O-]. The van der Waals surface area contributed by atoms with Crippen LogP contribution in [0.1, 0.15) is 34.0 Å². The highest BCUT2D eigenvalue weighted by atomic mass is 16.6. The monoisotopic (exact) mass is 316 g/mol. The van der Waals surface area contributed by atoms with Gasteiger partial charge in [-0.2, -0.15) is 0 Å². The molecule has 0 atom stereocenters. The number of aromatic carboxylic acids is 1. The molecular weight excluding hydrogens is 300 g/mol. The van der Waals surface area contributed by atoms with Gasteiger partial charge in [-0.25, -0.2) is 4.79 Å². The van der Waals surface area contributed by atoms with Crippen LogP contribution in [0.3, 0.4) is 0 Å². The molecule has 2 rings (SSSR count). The molecule has 0 unspecified atom stereocenters. The van der Waals surface area contributed by atoms with Crippen LogP contribution in [0.4, 0.5) is 5.82 Å². The average Bonchev–Trinajstić information content (AvgIpc) is 2.52. The molecule has 23 heavy (non-hydrogen) atoms. The lowest BCUT2D eigenvalue weighted by molar-refractivity contribution is -0.390. The largest absolute Gasteiger partial charge is 0.481 e. The van der Waals surface area contributed by atoms with E-state index in [2.05, 4.69) is 4.98 Å². The van der Waals surface area contributed by atoms with Gasteiger partial charge in [0.15, 0.2) is 6.20 Å². The first kappa shape index (κ1) is 16.4. The fourth-order valence-corrected chi connectivity index (χ4v) is 2.25. The number of benzene rings is 1. The molecule has 1 aromatic heterocycles. The van der Waals surface area contributed by atoms with Gasteiger partial charge in [-0.05, 0) is 39.9 Å². The molecule has 0 amide bonds. The summed E-state index contributed by atoms with van der Waals surface area (Å²) in [5.41, 5.74) is 2.86. The van der Waals surface area contributed by atoms with E-state index in [0.717, 1.165) is 35.4 Å². The molecule has 0 aliphatic rings. The van der Waals surface area contributed by atoms with E-state index in [4.69, 9.17) is 9.84 Å². The van der Waals surface area contributed by atoms with Gasteiger partial charge in [-0.1, -0.05) is 25.1 Å². The smallest absolute Gasteiger partial charge is 0.406 e. The van der Waals surface area contributed by atoms with E-state index in [0.29, 0.717) is 0 Å². The number of pyridine rings is 1. The molecule has 120 valence electrons. The summed E-state index contributed by atoms with van der Waals surface area (Å²) in [5.74, 6) is -1.87. The molecule has 0 saturated carbocycles. The number of carboxylic acid groups (broad SMARTS) is 1. The van der Waals surface area contributed by atoms with E-state index in [9.17, 15) is 14.9 Å². The molecule has 0 spiro atoms. The van der Waals surface area contributed by atoms with E-state index in [1.165, 1.54) is 0 Å². The Hall–Kier alpha value is -2.96. The Morgan fingerprint density at radius 3 is 2.78 bits per heavy atom. The molecule has 0 aliphatic heterocycles. The Labute approximate surface area is 132 Å². The van der Waals surface area contributed by atoms with Crippen molar-refractivity contribution in [3.8, 4) is 5.75 Å². The zero-order valence-corrected chi connectivity index (χ0v) is 12.8. The number of carbonyl (C=O) groups is 1. The first-order chi connectivity index (χ1) is 10.9. The third-order valence-electron chi connectivity index (χ3n) is 3.51. The van der Waals surface area contributed by atoms with Crippen LogP contribution in [0, 0.1) is 17.0 Å². The van der Waals surface area contributed by atoms with Crippen LogP contribution in [-0.4, -0.2) is 21.0 Å². The van der Waals surface area contributed by atoms with Crippen molar-refractivity contribution in [2.75, 3.05) is 0 Å². The first-order valence-electron chi connectivity index (χ1n) is 7.02. The van der Waals surface area contributed by atoms with Gasteiger partial charge < -0.3 is 20.0 Å². The van der Waals surface area contributed by atoms with Crippen LogP contribution in [0.25, 0.3) is 0 Å². The van der Waals surface area contributed by atoms with Gasteiger partial charge in [0.1, 0.15) is 12.2 Å². The molecule has 0 aliphatic carbocycles. The van der Waals surface area contributed by atoms with E-state index in [1.54, 1.807) is 0 Å². The summed E-state index contributed by atoms with van der Waals surface area (Å²) in [6.45, 7) is 4.05. The number of ether oxygens (including phenoxy) is 1. The summed E-state index contributed by atoms with van der Waals surface area (Å²) >= 11 is 0. The number of aryl methyl sites for hydroxylation is 2. The number of rotatable bonds is 6. The van der Waals surface area contributed by atoms with Crippen molar-refractivity contribution in [2.45, 2.75) is 26.9 Å². The number of hydrogen-bond acceptors (Lipinski definition) is 5. The zero-order chi connectivity index (χ0) is 17.0. The molecule has 0 fully saturated rings. The highest BCUT2D eigenvalue weighted by Gasteiger charge is 2.21. The zero-order valence-electron chi connectivity index (χ0n) is 12.8. The van der Waals surface area contributed by atoms with Crippen LogP contribution in [0.15, 0.2) is 30.5 Å². The van der Waals surface area contributed by atoms with Gasteiger partial charge in [0.2, 0.25) is 5.75 Å². The second kappa shape index (κ2) is 6.87. The quantitative estimate of drug-likeness (QED) is 0.648. The van der Waals surface area contributed by atoms with Crippen molar-refractivity contribution < 1.29 is 19.6 Å². The minimum Gasteiger partial charge on any atom is -0.481 e. The Morgan fingerprint density at radius 1 is 1.43 bits per heavy atom. The van der Waals surface area contributed by atoms with E-state index in [-0.39, 0.29) is 17.9 Å². The maximum absolute atomic E-state index is 11.0. The van der Waals surface area contributed by atoms with Crippen LogP contribution < -0.4 is 4.74 Å². The number of nitro groups is 1. The van der Waals surface area contributed by atoms with Gasteiger partial charge in [0, 0.05) is 6.07 Å². The maximum atomic E-state index is 11.0. The average molecular weight is 316 g/mol. The highest BCUT2D eigenvalue weighted by molar-refractivity contribution is 5.88. The molecule has 0 saturated heterocycles. The lowest BCUT2D eigenvalue weighted by Crippen LogP contribution is -2.06. The molecule has 7 heteroatoms. The maximum Gasteiger partial charge on any atom is 0.406 e. The van der Waals surface area contributed by atoms with Crippen LogP contribution >= 0.6 is 0 Å². The Kier molecular flexibility index (Phi) is 4.90. The Balaban J connectivity index is 2.35. The molecule has 0 radical (unpaired) electrons. The van der Waals surface area contributed by atoms with Gasteiger partial charge in [-0.3, -0.25) is 0 Å². The third-order valence-corrected chi connectivity index (χ3v) is 3.51. The Bertz CT molecular complexity index is 758. The van der Waals surface area contributed by atoms with Crippen molar-refractivity contribution in [3.05, 3.63) is 62.8 Å². The van der Waals surface area contributed by atoms with Crippen molar-refractivity contribution in [1.29, 1.82) is 0 Å². The summed E-state index contributed by atoms with van der Waals surface area (Å²) < 4.78 is 5.53. The van der Waals surface area contributed by atoms with Gasteiger partial charge in [0.25, 0.3) is 0 Å². The van der Waals surface area contributed by atoms with Crippen LogP contribution in [0.2, 0.25) is 0 Å². The minimum atomic E-state index is -1.22. The van der Waals surface area contributed by atoms with Gasteiger partial charge in [-0.15, -0.1) is 0 Å². The van der Waals surface area contributed by atoms with Crippen molar-refractivity contribution in [3.63, 3.8) is 0 Å². The molecule has 7 nitrogen and oxygen atoms in total. The fourth-order valence-electron chi connectivity index (χ4n) is 2.25. The standard InChI is InChI=1S/C16H16N2O5/c1-3-11-6-4-5-10(2)13(11)9-23-14-7-12(16(19)20)8-17-15(14)18(21)22/h4-8H,3,9H2,1-2H3,(H,19,20). The fraction of sp³-hybridized carbons (Fsp3) is 0.250. The van der Waals surface area contributed by atoms with Crippen LogP contribution in [-0.2, 0) is 13.0 Å². The second-order valence-corrected chi connectivity index (χ2v) is 4.96.